The number of carbonyl (C=O) groups is 1. The highest BCUT2D eigenvalue weighted by atomic mass is 16.4. The number of carboxylic acid groups (broad SMARTS) is 1. The number of carboxylic acids is 1. The zero-order chi connectivity index (χ0) is 17.6. The smallest absolute Gasteiger partial charge is 0.328 e. The van der Waals surface area contributed by atoms with E-state index in [0.717, 1.165) is 31.2 Å². The molecular formula is C22H23NO2. The minimum absolute atomic E-state index is 0.917. The summed E-state index contributed by atoms with van der Waals surface area (Å²) < 4.78 is 0. The highest BCUT2D eigenvalue weighted by molar-refractivity contribution is 5.85. The Balaban J connectivity index is 1.53. The number of aromatic nitrogens is 1. The molecule has 3 heteroatoms. The number of aliphatic carboxylic acids is 1. The first-order chi connectivity index (χ1) is 12.1. The second-order valence-electron chi connectivity index (χ2n) is 6.39. The van der Waals surface area contributed by atoms with Crippen molar-refractivity contribution in [2.75, 3.05) is 0 Å². The van der Waals surface area contributed by atoms with E-state index in [-0.39, 0.29) is 0 Å². The van der Waals surface area contributed by atoms with Crippen LogP contribution in [0.25, 0.3) is 17.0 Å². The Morgan fingerprint density at radius 3 is 2.52 bits per heavy atom. The van der Waals surface area contributed by atoms with Crippen molar-refractivity contribution in [3.63, 3.8) is 0 Å². The Kier molecular flexibility index (Phi) is 5.34. The van der Waals surface area contributed by atoms with E-state index in [9.17, 15) is 4.79 Å². The molecule has 0 saturated heterocycles. The van der Waals surface area contributed by atoms with Crippen LogP contribution in [-0.4, -0.2) is 16.1 Å². The molecule has 0 unspecified atom stereocenters. The summed E-state index contributed by atoms with van der Waals surface area (Å²) in [7, 11) is 0. The standard InChI is InChI=1S/C22H23NO2/c1-16-19(20-8-4-5-9-21(20)23-16)7-3-2-6-17-10-12-18(13-11-17)14-15-22(24)25/h4-5,8-15,23H,2-3,6-7H2,1H3,(H,24,25)/b15-14+. The van der Waals surface area contributed by atoms with Gasteiger partial charge in [-0.1, -0.05) is 42.5 Å². The van der Waals surface area contributed by atoms with Gasteiger partial charge in [0.1, 0.15) is 0 Å². The molecule has 0 spiro atoms. The lowest BCUT2D eigenvalue weighted by atomic mass is 10.0. The highest BCUT2D eigenvalue weighted by Crippen LogP contribution is 2.23. The van der Waals surface area contributed by atoms with Crippen LogP contribution in [0.3, 0.4) is 0 Å². The first-order valence-electron chi connectivity index (χ1n) is 8.69. The molecule has 0 fully saturated rings. The average Bonchev–Trinajstić information content (AvgIpc) is 2.93. The van der Waals surface area contributed by atoms with Gasteiger partial charge in [0.25, 0.3) is 0 Å². The van der Waals surface area contributed by atoms with Gasteiger partial charge in [-0.3, -0.25) is 0 Å². The van der Waals surface area contributed by atoms with Crippen molar-refractivity contribution in [3.05, 3.63) is 77.0 Å². The number of aryl methyl sites for hydroxylation is 3. The number of benzene rings is 2. The van der Waals surface area contributed by atoms with Crippen molar-refractivity contribution in [2.45, 2.75) is 32.6 Å². The molecule has 1 heterocycles. The summed E-state index contributed by atoms with van der Waals surface area (Å²) in [6.07, 6.45) is 7.22. The largest absolute Gasteiger partial charge is 0.478 e. The lowest BCUT2D eigenvalue weighted by molar-refractivity contribution is -0.131. The number of rotatable bonds is 7. The lowest BCUT2D eigenvalue weighted by Crippen LogP contribution is -1.91. The first kappa shape index (κ1) is 17.0. The zero-order valence-corrected chi connectivity index (χ0v) is 14.5. The maximum Gasteiger partial charge on any atom is 0.328 e. The van der Waals surface area contributed by atoms with Crippen LogP contribution >= 0.6 is 0 Å². The van der Waals surface area contributed by atoms with E-state index in [4.69, 9.17) is 5.11 Å². The summed E-state index contributed by atoms with van der Waals surface area (Å²) in [5, 5.41) is 9.99. The quantitative estimate of drug-likeness (QED) is 0.464. The third-order valence-corrected chi connectivity index (χ3v) is 4.57. The Morgan fingerprint density at radius 1 is 1.04 bits per heavy atom. The molecular weight excluding hydrogens is 310 g/mol. The molecule has 0 amide bonds. The molecule has 0 aliphatic rings. The van der Waals surface area contributed by atoms with E-state index in [1.165, 1.54) is 33.8 Å². The molecule has 0 bridgehead atoms. The molecule has 2 N–H and O–H groups in total. The predicted octanol–water partition coefficient (Wildman–Crippen LogP) is 5.14. The number of nitrogens with one attached hydrogen (secondary N) is 1. The fraction of sp³-hybridized carbons (Fsp3) is 0.227. The van der Waals surface area contributed by atoms with Crippen LogP contribution in [0.2, 0.25) is 0 Å². The van der Waals surface area contributed by atoms with Crippen molar-refractivity contribution in [1.29, 1.82) is 0 Å². The minimum atomic E-state index is -0.920. The van der Waals surface area contributed by atoms with Gasteiger partial charge in [0.15, 0.2) is 0 Å². The fourth-order valence-corrected chi connectivity index (χ4v) is 3.25. The van der Waals surface area contributed by atoms with E-state index in [1.807, 2.05) is 12.1 Å². The Hall–Kier alpha value is -2.81. The van der Waals surface area contributed by atoms with Gasteiger partial charge in [0.2, 0.25) is 0 Å². The van der Waals surface area contributed by atoms with E-state index in [2.05, 4.69) is 48.3 Å². The molecule has 25 heavy (non-hydrogen) atoms. The zero-order valence-electron chi connectivity index (χ0n) is 14.5. The van der Waals surface area contributed by atoms with Gasteiger partial charge in [-0.2, -0.15) is 0 Å². The normalized spacial score (nSPS) is 11.4. The van der Waals surface area contributed by atoms with Gasteiger partial charge >= 0.3 is 5.97 Å². The van der Waals surface area contributed by atoms with Gasteiger partial charge in [0.05, 0.1) is 0 Å². The van der Waals surface area contributed by atoms with Gasteiger partial charge in [0, 0.05) is 22.7 Å². The lowest BCUT2D eigenvalue weighted by Gasteiger charge is -2.04. The summed E-state index contributed by atoms with van der Waals surface area (Å²) in [4.78, 5) is 14.0. The monoisotopic (exact) mass is 333 g/mol. The third-order valence-electron chi connectivity index (χ3n) is 4.57. The number of unbranched alkanes of at least 4 members (excludes halogenated alkanes) is 1. The highest BCUT2D eigenvalue weighted by Gasteiger charge is 2.07. The summed E-state index contributed by atoms with van der Waals surface area (Å²) in [5.74, 6) is -0.920. The van der Waals surface area contributed by atoms with Crippen LogP contribution in [-0.2, 0) is 17.6 Å². The second kappa shape index (κ2) is 7.84. The number of hydrogen-bond donors (Lipinski definition) is 2. The molecule has 0 aliphatic carbocycles. The maximum atomic E-state index is 10.5. The van der Waals surface area contributed by atoms with Gasteiger partial charge < -0.3 is 10.1 Å². The number of para-hydroxylation sites is 1. The van der Waals surface area contributed by atoms with Crippen LogP contribution in [0.1, 0.15) is 35.2 Å². The van der Waals surface area contributed by atoms with Crippen LogP contribution in [0.15, 0.2) is 54.6 Å². The number of H-pyrrole nitrogens is 1. The van der Waals surface area contributed by atoms with Crippen molar-refractivity contribution in [3.8, 4) is 0 Å². The van der Waals surface area contributed by atoms with Gasteiger partial charge in [-0.15, -0.1) is 0 Å². The predicted molar refractivity (Wildman–Crippen MR) is 103 cm³/mol. The summed E-state index contributed by atoms with van der Waals surface area (Å²) in [5.41, 5.74) is 6.14. The molecule has 3 rings (SSSR count). The van der Waals surface area contributed by atoms with Crippen molar-refractivity contribution in [2.24, 2.45) is 0 Å². The second-order valence-corrected chi connectivity index (χ2v) is 6.39. The van der Waals surface area contributed by atoms with Gasteiger partial charge in [-0.25, -0.2) is 4.79 Å². The van der Waals surface area contributed by atoms with Crippen LogP contribution in [0.5, 0.6) is 0 Å². The number of hydrogen-bond acceptors (Lipinski definition) is 1. The molecule has 0 aliphatic heterocycles. The van der Waals surface area contributed by atoms with E-state index >= 15 is 0 Å². The van der Waals surface area contributed by atoms with Crippen molar-refractivity contribution in [1.82, 2.24) is 4.98 Å². The van der Waals surface area contributed by atoms with Crippen LogP contribution < -0.4 is 0 Å². The average molecular weight is 333 g/mol. The molecule has 0 atom stereocenters. The molecule has 0 radical (unpaired) electrons. The molecule has 3 aromatic rings. The Labute approximate surface area is 148 Å². The van der Waals surface area contributed by atoms with E-state index < -0.39 is 5.97 Å². The number of aromatic amines is 1. The third kappa shape index (κ3) is 4.38. The van der Waals surface area contributed by atoms with Crippen molar-refractivity contribution < 1.29 is 9.90 Å². The van der Waals surface area contributed by atoms with Crippen LogP contribution in [0.4, 0.5) is 0 Å². The van der Waals surface area contributed by atoms with Crippen LogP contribution in [0, 0.1) is 6.92 Å². The van der Waals surface area contributed by atoms with Gasteiger partial charge in [-0.05, 0) is 61.4 Å². The van der Waals surface area contributed by atoms with E-state index in [1.54, 1.807) is 6.08 Å². The Bertz CT molecular complexity index is 888. The molecule has 3 nitrogen and oxygen atoms in total. The summed E-state index contributed by atoms with van der Waals surface area (Å²) in [6, 6.07) is 16.6. The number of fused-ring (bicyclic) bond motifs is 1. The van der Waals surface area contributed by atoms with E-state index in [0.29, 0.717) is 0 Å². The minimum Gasteiger partial charge on any atom is -0.478 e. The molecule has 128 valence electrons. The first-order valence-corrected chi connectivity index (χ1v) is 8.69. The molecule has 1 aromatic heterocycles. The summed E-state index contributed by atoms with van der Waals surface area (Å²) >= 11 is 0. The van der Waals surface area contributed by atoms with Crippen molar-refractivity contribution >= 4 is 22.9 Å². The topological polar surface area (TPSA) is 53.1 Å². The fourth-order valence-electron chi connectivity index (χ4n) is 3.25. The SMILES string of the molecule is Cc1[nH]c2ccccc2c1CCCCc1ccc(/C=C/C(=O)O)cc1. The maximum absolute atomic E-state index is 10.5. The molecule has 2 aromatic carbocycles. The summed E-state index contributed by atoms with van der Waals surface area (Å²) in [6.45, 7) is 2.15. The molecule has 0 saturated carbocycles. The Morgan fingerprint density at radius 2 is 1.76 bits per heavy atom.